The summed E-state index contributed by atoms with van der Waals surface area (Å²) >= 11 is 5.53. The molecule has 1 N–H and O–H groups in total. The van der Waals surface area contributed by atoms with Crippen LogP contribution in [0.25, 0.3) is 0 Å². The quantitative estimate of drug-likeness (QED) is 0.878. The lowest BCUT2D eigenvalue weighted by Crippen LogP contribution is -2.32. The van der Waals surface area contributed by atoms with Gasteiger partial charge in [0.1, 0.15) is 11.8 Å². The van der Waals surface area contributed by atoms with Crippen molar-refractivity contribution in [2.45, 2.75) is 25.9 Å². The molecule has 5 heteroatoms. The van der Waals surface area contributed by atoms with Crippen molar-refractivity contribution in [3.05, 3.63) is 54.2 Å². The van der Waals surface area contributed by atoms with Crippen LogP contribution in [0.15, 0.2) is 47.2 Å². The van der Waals surface area contributed by atoms with Gasteiger partial charge in [0.2, 0.25) is 0 Å². The Morgan fingerprint density at radius 1 is 1.33 bits per heavy atom. The lowest BCUT2D eigenvalue weighted by Gasteiger charge is -2.27. The largest absolute Gasteiger partial charge is 0.467 e. The van der Waals surface area contributed by atoms with E-state index in [4.69, 9.17) is 16.6 Å². The van der Waals surface area contributed by atoms with Crippen molar-refractivity contribution in [1.82, 2.24) is 15.2 Å². The van der Waals surface area contributed by atoms with E-state index in [0.717, 1.165) is 23.1 Å². The molecular formula is C16H19N3OS. The summed E-state index contributed by atoms with van der Waals surface area (Å²) in [5, 5.41) is 4.16. The third-order valence-corrected chi connectivity index (χ3v) is 3.95. The van der Waals surface area contributed by atoms with E-state index in [1.54, 1.807) is 6.26 Å². The molecule has 2 atom stereocenters. The molecular weight excluding hydrogens is 282 g/mol. The molecule has 3 rings (SSSR count). The monoisotopic (exact) mass is 301 g/mol. The second-order valence-electron chi connectivity index (χ2n) is 5.69. The van der Waals surface area contributed by atoms with E-state index >= 15 is 0 Å². The van der Waals surface area contributed by atoms with Crippen molar-refractivity contribution < 1.29 is 4.42 Å². The Hall–Kier alpha value is -1.88. The van der Waals surface area contributed by atoms with Crippen molar-refractivity contribution in [2.75, 3.05) is 6.54 Å². The first-order chi connectivity index (χ1) is 10.2. The van der Waals surface area contributed by atoms with Crippen LogP contribution < -0.4 is 5.32 Å². The minimum absolute atomic E-state index is 0.0172. The van der Waals surface area contributed by atoms with Gasteiger partial charge in [0.15, 0.2) is 5.11 Å². The highest BCUT2D eigenvalue weighted by atomic mass is 32.1. The molecule has 21 heavy (non-hydrogen) atoms. The van der Waals surface area contributed by atoms with Gasteiger partial charge in [-0.3, -0.25) is 4.98 Å². The molecule has 0 spiro atoms. The summed E-state index contributed by atoms with van der Waals surface area (Å²) in [6.07, 6.45) is 3.52. The fourth-order valence-electron chi connectivity index (χ4n) is 2.76. The summed E-state index contributed by atoms with van der Waals surface area (Å²) in [7, 11) is 0. The number of nitrogens with one attached hydrogen (secondary N) is 1. The number of pyridine rings is 1. The van der Waals surface area contributed by atoms with Gasteiger partial charge in [0, 0.05) is 12.7 Å². The molecule has 0 bridgehead atoms. The van der Waals surface area contributed by atoms with Gasteiger partial charge >= 0.3 is 0 Å². The zero-order valence-corrected chi connectivity index (χ0v) is 13.0. The van der Waals surface area contributed by atoms with E-state index in [-0.39, 0.29) is 12.1 Å². The van der Waals surface area contributed by atoms with Crippen molar-refractivity contribution in [3.63, 3.8) is 0 Å². The standard InChI is InChI=1S/C16H19N3OS/c1-11(2)10-19-15(13-7-5-9-20-13)14(18-16(19)21)12-6-3-4-8-17-12/h3-9,11,14-15H,10H2,1-2H3,(H,18,21). The number of thiocarbonyl (C=S) groups is 1. The number of hydrogen-bond donors (Lipinski definition) is 1. The van der Waals surface area contributed by atoms with Crippen LogP contribution in [-0.4, -0.2) is 21.5 Å². The molecule has 2 aromatic rings. The summed E-state index contributed by atoms with van der Waals surface area (Å²) in [6.45, 7) is 5.27. The van der Waals surface area contributed by atoms with Crippen molar-refractivity contribution in [2.24, 2.45) is 5.92 Å². The second-order valence-corrected chi connectivity index (χ2v) is 6.07. The zero-order valence-electron chi connectivity index (χ0n) is 12.2. The highest BCUT2D eigenvalue weighted by molar-refractivity contribution is 7.80. The first-order valence-electron chi connectivity index (χ1n) is 7.18. The summed E-state index contributed by atoms with van der Waals surface area (Å²) in [4.78, 5) is 6.68. The number of rotatable bonds is 4. The molecule has 0 amide bonds. The Morgan fingerprint density at radius 2 is 2.19 bits per heavy atom. The smallest absolute Gasteiger partial charge is 0.170 e. The summed E-state index contributed by atoms with van der Waals surface area (Å²) < 4.78 is 5.66. The van der Waals surface area contributed by atoms with E-state index in [9.17, 15) is 0 Å². The topological polar surface area (TPSA) is 41.3 Å². The summed E-state index contributed by atoms with van der Waals surface area (Å²) in [6, 6.07) is 9.92. The maximum atomic E-state index is 5.66. The third-order valence-electron chi connectivity index (χ3n) is 3.59. The third kappa shape index (κ3) is 2.78. The predicted molar refractivity (Wildman–Crippen MR) is 85.7 cm³/mol. The zero-order chi connectivity index (χ0) is 14.8. The van der Waals surface area contributed by atoms with Gasteiger partial charge in [-0.05, 0) is 42.4 Å². The van der Waals surface area contributed by atoms with Crippen molar-refractivity contribution >= 4 is 17.3 Å². The van der Waals surface area contributed by atoms with Crippen molar-refractivity contribution in [3.8, 4) is 0 Å². The van der Waals surface area contributed by atoms with E-state index in [2.05, 4.69) is 29.0 Å². The average molecular weight is 301 g/mol. The van der Waals surface area contributed by atoms with Crippen molar-refractivity contribution in [1.29, 1.82) is 0 Å². The van der Waals surface area contributed by atoms with Gasteiger partial charge in [0.05, 0.1) is 18.0 Å². The van der Waals surface area contributed by atoms with Gasteiger partial charge < -0.3 is 14.6 Å². The Kier molecular flexibility index (Phi) is 3.92. The summed E-state index contributed by atoms with van der Waals surface area (Å²) in [5.74, 6) is 1.43. The van der Waals surface area contributed by atoms with Gasteiger partial charge in [-0.25, -0.2) is 0 Å². The van der Waals surface area contributed by atoms with E-state index in [0.29, 0.717) is 5.92 Å². The van der Waals surface area contributed by atoms with Crippen LogP contribution in [0.2, 0.25) is 0 Å². The molecule has 2 aromatic heterocycles. The lowest BCUT2D eigenvalue weighted by molar-refractivity contribution is 0.252. The fourth-order valence-corrected chi connectivity index (χ4v) is 3.08. The van der Waals surface area contributed by atoms with Crippen LogP contribution in [0, 0.1) is 5.92 Å². The highest BCUT2D eigenvalue weighted by Gasteiger charge is 2.41. The van der Waals surface area contributed by atoms with Crippen LogP contribution in [0.3, 0.4) is 0 Å². The van der Waals surface area contributed by atoms with E-state index < -0.39 is 0 Å². The maximum Gasteiger partial charge on any atom is 0.170 e. The molecule has 110 valence electrons. The molecule has 1 fully saturated rings. The molecule has 2 unspecified atom stereocenters. The molecule has 1 aliphatic heterocycles. The Bertz CT molecular complexity index is 597. The SMILES string of the molecule is CC(C)CN1C(=S)NC(c2ccccn2)C1c1ccco1. The van der Waals surface area contributed by atoms with Gasteiger partial charge in [-0.2, -0.15) is 0 Å². The Balaban J connectivity index is 1.98. The molecule has 0 aliphatic carbocycles. The predicted octanol–water partition coefficient (Wildman–Crippen LogP) is 3.30. The van der Waals surface area contributed by atoms with E-state index in [1.165, 1.54) is 0 Å². The van der Waals surface area contributed by atoms with Crippen LogP contribution >= 0.6 is 12.2 Å². The van der Waals surface area contributed by atoms with Crippen LogP contribution in [-0.2, 0) is 0 Å². The lowest BCUT2D eigenvalue weighted by atomic mass is 10.0. The normalized spacial score (nSPS) is 21.9. The highest BCUT2D eigenvalue weighted by Crippen LogP contribution is 2.38. The summed E-state index contributed by atoms with van der Waals surface area (Å²) in [5.41, 5.74) is 0.979. The Labute approximate surface area is 130 Å². The second kappa shape index (κ2) is 5.85. The number of aromatic nitrogens is 1. The van der Waals surface area contributed by atoms with Gasteiger partial charge in [0.25, 0.3) is 0 Å². The first-order valence-corrected chi connectivity index (χ1v) is 7.59. The Morgan fingerprint density at radius 3 is 2.81 bits per heavy atom. The van der Waals surface area contributed by atoms with E-state index in [1.807, 2.05) is 36.5 Å². The fraction of sp³-hybridized carbons (Fsp3) is 0.375. The van der Waals surface area contributed by atoms with Gasteiger partial charge in [-0.15, -0.1) is 0 Å². The molecule has 1 saturated heterocycles. The van der Waals surface area contributed by atoms with Crippen LogP contribution in [0.5, 0.6) is 0 Å². The maximum absolute atomic E-state index is 5.66. The minimum Gasteiger partial charge on any atom is -0.467 e. The number of nitrogens with zero attached hydrogens (tertiary/aromatic N) is 2. The molecule has 0 aromatic carbocycles. The van der Waals surface area contributed by atoms with Crippen LogP contribution in [0.1, 0.15) is 37.4 Å². The molecule has 0 saturated carbocycles. The molecule has 4 nitrogen and oxygen atoms in total. The molecule has 3 heterocycles. The molecule has 0 radical (unpaired) electrons. The van der Waals surface area contributed by atoms with Crippen LogP contribution in [0.4, 0.5) is 0 Å². The average Bonchev–Trinajstić information content (AvgIpc) is 3.08. The number of hydrogen-bond acceptors (Lipinski definition) is 3. The minimum atomic E-state index is 0.0172. The van der Waals surface area contributed by atoms with Gasteiger partial charge in [-0.1, -0.05) is 19.9 Å². The number of furan rings is 1. The molecule has 1 aliphatic rings. The first kappa shape index (κ1) is 14.1.